The molecule has 0 radical (unpaired) electrons. The number of rotatable bonds is 4. The molecule has 1 aromatic heterocycles. The molecule has 0 unspecified atom stereocenters. The molecule has 24 heavy (non-hydrogen) atoms. The molecule has 0 aliphatic carbocycles. The number of halogens is 3. The van der Waals surface area contributed by atoms with Gasteiger partial charge in [-0.15, -0.1) is 0 Å². The molecule has 0 bridgehead atoms. The summed E-state index contributed by atoms with van der Waals surface area (Å²) in [5, 5.41) is 0. The number of hydrogen-bond acceptors (Lipinski definition) is 4. The quantitative estimate of drug-likeness (QED) is 0.789. The highest BCUT2D eigenvalue weighted by Gasteiger charge is 2.25. The molecular weight excluding hydrogens is 323 g/mol. The van der Waals surface area contributed by atoms with Gasteiger partial charge in [-0.3, -0.25) is 4.79 Å². The van der Waals surface area contributed by atoms with Gasteiger partial charge < -0.3 is 14.5 Å². The van der Waals surface area contributed by atoms with E-state index in [0.29, 0.717) is 44.7 Å². The fraction of sp³-hybridized carbons (Fsp3) is 0.500. The Balaban J connectivity index is 1.98. The Morgan fingerprint density at radius 1 is 1.29 bits per heavy atom. The maximum atomic E-state index is 12.1. The van der Waals surface area contributed by atoms with Crippen LogP contribution in [0.2, 0.25) is 0 Å². The average molecular weight is 343 g/mol. The van der Waals surface area contributed by atoms with Crippen molar-refractivity contribution in [2.75, 3.05) is 37.7 Å². The molecule has 1 aliphatic rings. The number of aromatic nitrogens is 1. The van der Waals surface area contributed by atoms with Gasteiger partial charge in [0.05, 0.1) is 6.61 Å². The van der Waals surface area contributed by atoms with E-state index >= 15 is 0 Å². The van der Waals surface area contributed by atoms with E-state index < -0.39 is 12.1 Å². The van der Waals surface area contributed by atoms with E-state index in [1.54, 1.807) is 0 Å². The molecule has 2 heterocycles. The predicted molar refractivity (Wildman–Crippen MR) is 84.1 cm³/mol. The third-order valence-electron chi connectivity index (χ3n) is 3.56. The number of carbonyl (C=O) groups is 1. The summed E-state index contributed by atoms with van der Waals surface area (Å²) < 4.78 is 41.8. The van der Waals surface area contributed by atoms with Crippen LogP contribution in [0.3, 0.4) is 0 Å². The summed E-state index contributed by atoms with van der Waals surface area (Å²) in [5.41, 5.74) is 1.01. The number of piperazine rings is 1. The van der Waals surface area contributed by atoms with Crippen LogP contribution in [0.25, 0.3) is 0 Å². The fourth-order valence-electron chi connectivity index (χ4n) is 2.43. The van der Waals surface area contributed by atoms with Gasteiger partial charge in [0.2, 0.25) is 11.8 Å². The van der Waals surface area contributed by atoms with Gasteiger partial charge in [-0.05, 0) is 25.5 Å². The van der Waals surface area contributed by atoms with Crippen molar-refractivity contribution in [1.82, 2.24) is 9.88 Å². The maximum absolute atomic E-state index is 12.1. The van der Waals surface area contributed by atoms with E-state index in [0.717, 1.165) is 11.4 Å². The fourth-order valence-corrected chi connectivity index (χ4v) is 2.43. The van der Waals surface area contributed by atoms with E-state index in [1.807, 2.05) is 30.9 Å². The first-order valence-electron chi connectivity index (χ1n) is 7.70. The minimum atomic E-state index is -4.47. The van der Waals surface area contributed by atoms with Gasteiger partial charge in [0.15, 0.2) is 0 Å². The molecule has 1 fully saturated rings. The highest BCUT2D eigenvalue weighted by Crippen LogP contribution is 2.21. The molecule has 8 heteroatoms. The number of pyridine rings is 1. The molecule has 5 nitrogen and oxygen atoms in total. The molecule has 1 aliphatic heterocycles. The number of nitrogens with zero attached hydrogens (tertiary/aromatic N) is 3. The van der Waals surface area contributed by atoms with Crippen molar-refractivity contribution in [1.29, 1.82) is 0 Å². The zero-order chi connectivity index (χ0) is 17.7. The first-order valence-corrected chi connectivity index (χ1v) is 7.70. The van der Waals surface area contributed by atoms with Gasteiger partial charge in [-0.25, -0.2) is 0 Å². The highest BCUT2D eigenvalue weighted by molar-refractivity contribution is 5.87. The molecule has 132 valence electrons. The van der Waals surface area contributed by atoms with Crippen LogP contribution in [0, 0.1) is 6.92 Å². The van der Waals surface area contributed by atoms with Crippen LogP contribution in [0.5, 0.6) is 5.88 Å². The van der Waals surface area contributed by atoms with Gasteiger partial charge in [0, 0.05) is 44.4 Å². The Bertz CT molecular complexity index is 609. The minimum absolute atomic E-state index is 0.0296. The number of carbonyl (C=O) groups excluding carboxylic acids is 1. The Morgan fingerprint density at radius 2 is 1.96 bits per heavy atom. The van der Waals surface area contributed by atoms with Crippen molar-refractivity contribution in [2.24, 2.45) is 0 Å². The van der Waals surface area contributed by atoms with Crippen LogP contribution in [-0.2, 0) is 4.79 Å². The molecule has 1 aromatic rings. The van der Waals surface area contributed by atoms with E-state index in [1.165, 1.54) is 4.90 Å². The van der Waals surface area contributed by atoms with Gasteiger partial charge >= 0.3 is 6.18 Å². The van der Waals surface area contributed by atoms with E-state index in [-0.39, 0.29) is 6.08 Å². The zero-order valence-electron chi connectivity index (χ0n) is 13.6. The Morgan fingerprint density at radius 3 is 2.54 bits per heavy atom. The summed E-state index contributed by atoms with van der Waals surface area (Å²) >= 11 is 0. The number of aryl methyl sites for hydroxylation is 1. The second kappa shape index (κ2) is 7.55. The van der Waals surface area contributed by atoms with Gasteiger partial charge in [0.25, 0.3) is 0 Å². The highest BCUT2D eigenvalue weighted by atomic mass is 19.4. The Hall–Kier alpha value is -2.25. The molecule has 0 atom stereocenters. The lowest BCUT2D eigenvalue weighted by Crippen LogP contribution is -2.48. The normalized spacial score (nSPS) is 15.9. The average Bonchev–Trinajstić information content (AvgIpc) is 2.52. The van der Waals surface area contributed by atoms with Crippen molar-refractivity contribution in [3.05, 3.63) is 29.8 Å². The SMILES string of the molecule is CCOc1cc(C)cc(N2CCN(C(=O)C=CC(F)(F)F)CC2)n1. The molecule has 0 spiro atoms. The molecule has 2 rings (SSSR count). The number of anilines is 1. The molecule has 0 N–H and O–H groups in total. The lowest BCUT2D eigenvalue weighted by molar-refractivity contribution is -0.127. The smallest absolute Gasteiger partial charge is 0.409 e. The summed E-state index contributed by atoms with van der Waals surface area (Å²) in [6, 6.07) is 3.76. The monoisotopic (exact) mass is 343 g/mol. The Kier molecular flexibility index (Phi) is 5.69. The third kappa shape index (κ3) is 5.14. The lowest BCUT2D eigenvalue weighted by Gasteiger charge is -2.35. The molecule has 0 aromatic carbocycles. The first-order chi connectivity index (χ1) is 11.3. The van der Waals surface area contributed by atoms with E-state index in [9.17, 15) is 18.0 Å². The summed E-state index contributed by atoms with van der Waals surface area (Å²) in [5.74, 6) is 0.662. The minimum Gasteiger partial charge on any atom is -0.478 e. The zero-order valence-corrected chi connectivity index (χ0v) is 13.6. The van der Waals surface area contributed by atoms with E-state index in [2.05, 4.69) is 4.98 Å². The standard InChI is InChI=1S/C16H20F3N3O2/c1-3-24-14-11-12(2)10-13(20-14)21-6-8-22(9-7-21)15(23)4-5-16(17,18)19/h4-5,10-11H,3,6-9H2,1-2H3. The third-order valence-corrected chi connectivity index (χ3v) is 3.56. The van der Waals surface area contributed by atoms with Crippen LogP contribution in [0.15, 0.2) is 24.3 Å². The van der Waals surface area contributed by atoms with Crippen molar-refractivity contribution >= 4 is 11.7 Å². The summed E-state index contributed by atoms with van der Waals surface area (Å²) in [7, 11) is 0. The van der Waals surface area contributed by atoms with Gasteiger partial charge in [-0.2, -0.15) is 18.2 Å². The number of allylic oxidation sites excluding steroid dienone is 1. The number of alkyl halides is 3. The number of ether oxygens (including phenoxy) is 1. The largest absolute Gasteiger partial charge is 0.478 e. The molecule has 1 amide bonds. The topological polar surface area (TPSA) is 45.7 Å². The second-order valence-electron chi connectivity index (χ2n) is 5.46. The maximum Gasteiger partial charge on any atom is 0.409 e. The van der Waals surface area contributed by atoms with Crippen molar-refractivity contribution < 1.29 is 22.7 Å². The van der Waals surface area contributed by atoms with Crippen LogP contribution in [-0.4, -0.2) is 54.8 Å². The molecule has 1 saturated heterocycles. The summed E-state index contributed by atoms with van der Waals surface area (Å²) in [4.78, 5) is 19.6. The van der Waals surface area contributed by atoms with Gasteiger partial charge in [-0.1, -0.05) is 0 Å². The van der Waals surface area contributed by atoms with Crippen molar-refractivity contribution in [2.45, 2.75) is 20.0 Å². The summed E-state index contributed by atoms with van der Waals surface area (Å²) in [6.45, 7) is 6.05. The van der Waals surface area contributed by atoms with E-state index in [4.69, 9.17) is 4.74 Å². The first kappa shape index (κ1) is 18.1. The molecule has 0 saturated carbocycles. The summed E-state index contributed by atoms with van der Waals surface area (Å²) in [6.07, 6.45) is -3.93. The molecular formula is C16H20F3N3O2. The van der Waals surface area contributed by atoms with Crippen LogP contribution in [0.1, 0.15) is 12.5 Å². The van der Waals surface area contributed by atoms with Crippen molar-refractivity contribution in [3.8, 4) is 5.88 Å². The Labute approximate surface area is 138 Å². The predicted octanol–water partition coefficient (Wildman–Crippen LogP) is 2.56. The van der Waals surface area contributed by atoms with Crippen LogP contribution in [0.4, 0.5) is 19.0 Å². The number of amides is 1. The second-order valence-corrected chi connectivity index (χ2v) is 5.46. The van der Waals surface area contributed by atoms with Crippen LogP contribution >= 0.6 is 0 Å². The van der Waals surface area contributed by atoms with Crippen LogP contribution < -0.4 is 9.64 Å². The van der Waals surface area contributed by atoms with Crippen molar-refractivity contribution in [3.63, 3.8) is 0 Å². The van der Waals surface area contributed by atoms with Gasteiger partial charge in [0.1, 0.15) is 5.82 Å². The lowest BCUT2D eigenvalue weighted by atomic mass is 10.2. The number of hydrogen-bond donors (Lipinski definition) is 0.